The molecule has 0 spiro atoms. The number of hydrogen-bond acceptors (Lipinski definition) is 6. The highest BCUT2D eigenvalue weighted by Gasteiger charge is 2.14. The van der Waals surface area contributed by atoms with Crippen LogP contribution in [0, 0.1) is 0 Å². The molecule has 8 heteroatoms. The summed E-state index contributed by atoms with van der Waals surface area (Å²) in [5, 5.41) is 0.529. The lowest BCUT2D eigenvalue weighted by Gasteiger charge is -2.15. The Morgan fingerprint density at radius 2 is 1.88 bits per heavy atom. The smallest absolute Gasteiger partial charge is 0.269 e. The summed E-state index contributed by atoms with van der Waals surface area (Å²) in [4.78, 5) is 29.9. The Bertz CT molecular complexity index is 1130. The number of benzene rings is 2. The number of hydrogen-bond donors (Lipinski definition) is 2. The number of amides is 1. The van der Waals surface area contributed by atoms with E-state index in [0.29, 0.717) is 41.1 Å². The van der Waals surface area contributed by atoms with Crippen LogP contribution in [0.25, 0.3) is 10.9 Å². The van der Waals surface area contributed by atoms with Gasteiger partial charge in [0, 0.05) is 12.1 Å². The first-order chi connectivity index (χ1) is 15.6. The van der Waals surface area contributed by atoms with E-state index in [4.69, 9.17) is 9.47 Å². The minimum Gasteiger partial charge on any atom is -0.493 e. The second kappa shape index (κ2) is 11.2. The Labute approximate surface area is 187 Å². The topological polar surface area (TPSA) is 94.5 Å². The lowest BCUT2D eigenvalue weighted by Crippen LogP contribution is -2.34. The molecule has 8 nitrogen and oxygen atoms in total. The van der Waals surface area contributed by atoms with Crippen LogP contribution in [-0.2, 0) is 6.54 Å². The molecule has 0 saturated heterocycles. The van der Waals surface area contributed by atoms with Gasteiger partial charge >= 0.3 is 0 Å². The van der Waals surface area contributed by atoms with Crippen LogP contribution < -0.4 is 25.9 Å². The molecule has 1 amide bonds. The van der Waals surface area contributed by atoms with Crippen molar-refractivity contribution in [3.8, 4) is 11.5 Å². The minimum absolute atomic E-state index is 0.169. The molecular weight excluding hydrogens is 408 g/mol. The molecule has 0 radical (unpaired) electrons. The van der Waals surface area contributed by atoms with Crippen LogP contribution in [0.15, 0.2) is 47.3 Å². The molecule has 3 aromatic rings. The van der Waals surface area contributed by atoms with Crippen molar-refractivity contribution in [3.05, 3.63) is 58.4 Å². The lowest BCUT2D eigenvalue weighted by atomic mass is 10.2. The fraction of sp³-hybridized carbons (Fsp3) is 0.375. The Morgan fingerprint density at radius 1 is 1.06 bits per heavy atom. The third-order valence-corrected chi connectivity index (χ3v) is 5.15. The van der Waals surface area contributed by atoms with Gasteiger partial charge < -0.3 is 9.47 Å². The van der Waals surface area contributed by atoms with Crippen molar-refractivity contribution in [2.75, 3.05) is 19.1 Å². The standard InChI is InChI=1S/C24H30N4O4/c1-4-6-7-10-15-32-20-14-13-17(16-21(20)31-3)22(29)26-27-24-25-19-12-9-8-11-18(19)23(30)28(24)5-2/h8-9,11-14,16H,4-7,10,15H2,1-3H3,(H,25,27)(H,26,29). The molecule has 3 rings (SSSR count). The van der Waals surface area contributed by atoms with E-state index in [2.05, 4.69) is 22.8 Å². The van der Waals surface area contributed by atoms with E-state index in [1.165, 1.54) is 24.5 Å². The molecule has 170 valence electrons. The second-order valence-corrected chi connectivity index (χ2v) is 7.36. The van der Waals surface area contributed by atoms with Crippen LogP contribution >= 0.6 is 0 Å². The van der Waals surface area contributed by atoms with Crippen molar-refractivity contribution in [3.63, 3.8) is 0 Å². The number of carbonyl (C=O) groups is 1. The zero-order chi connectivity index (χ0) is 22.9. The molecule has 0 bridgehead atoms. The van der Waals surface area contributed by atoms with Gasteiger partial charge in [0.05, 0.1) is 24.6 Å². The summed E-state index contributed by atoms with van der Waals surface area (Å²) in [6.45, 7) is 5.02. The van der Waals surface area contributed by atoms with Crippen LogP contribution in [0.3, 0.4) is 0 Å². The summed E-state index contributed by atoms with van der Waals surface area (Å²) in [5.41, 5.74) is 6.17. The van der Waals surface area contributed by atoms with Crippen molar-refractivity contribution in [2.24, 2.45) is 0 Å². The first kappa shape index (κ1) is 23.1. The number of aromatic nitrogens is 2. The van der Waals surface area contributed by atoms with Crippen LogP contribution in [-0.4, -0.2) is 29.2 Å². The zero-order valence-electron chi connectivity index (χ0n) is 18.8. The first-order valence-corrected chi connectivity index (χ1v) is 11.0. The van der Waals surface area contributed by atoms with E-state index < -0.39 is 0 Å². The SMILES string of the molecule is CCCCCCOc1ccc(C(=O)NNc2nc3ccccc3c(=O)n2CC)cc1OC. The number of unbranched alkanes of at least 4 members (excludes halogenated alkanes) is 3. The van der Waals surface area contributed by atoms with Gasteiger partial charge in [-0.1, -0.05) is 38.3 Å². The van der Waals surface area contributed by atoms with E-state index >= 15 is 0 Å². The number of ether oxygens (including phenoxy) is 2. The van der Waals surface area contributed by atoms with E-state index in [1.54, 1.807) is 36.4 Å². The summed E-state index contributed by atoms with van der Waals surface area (Å²) in [6, 6.07) is 12.1. The van der Waals surface area contributed by atoms with Gasteiger partial charge in [-0.2, -0.15) is 0 Å². The average Bonchev–Trinajstić information content (AvgIpc) is 2.82. The van der Waals surface area contributed by atoms with Gasteiger partial charge in [-0.15, -0.1) is 0 Å². The summed E-state index contributed by atoms with van der Waals surface area (Å²) in [6.07, 6.45) is 4.45. The number of nitrogens with one attached hydrogen (secondary N) is 2. The van der Waals surface area contributed by atoms with Gasteiger partial charge in [-0.3, -0.25) is 25.0 Å². The molecule has 0 atom stereocenters. The van der Waals surface area contributed by atoms with Gasteiger partial charge in [0.1, 0.15) is 0 Å². The summed E-state index contributed by atoms with van der Waals surface area (Å²) in [5.74, 6) is 0.971. The van der Waals surface area contributed by atoms with Gasteiger partial charge in [0.15, 0.2) is 11.5 Å². The number of para-hydroxylation sites is 1. The van der Waals surface area contributed by atoms with Gasteiger partial charge in [-0.05, 0) is 43.7 Å². The van der Waals surface area contributed by atoms with Crippen molar-refractivity contribution >= 4 is 22.8 Å². The first-order valence-electron chi connectivity index (χ1n) is 11.0. The Kier molecular flexibility index (Phi) is 8.08. The van der Waals surface area contributed by atoms with Crippen molar-refractivity contribution in [2.45, 2.75) is 46.1 Å². The number of rotatable bonds is 11. The van der Waals surface area contributed by atoms with E-state index in [9.17, 15) is 9.59 Å². The van der Waals surface area contributed by atoms with Crippen molar-refractivity contribution in [1.29, 1.82) is 0 Å². The molecule has 1 aromatic heterocycles. The third kappa shape index (κ3) is 5.38. The largest absolute Gasteiger partial charge is 0.493 e. The molecule has 0 unspecified atom stereocenters. The third-order valence-electron chi connectivity index (χ3n) is 5.15. The molecule has 1 heterocycles. The molecule has 0 fully saturated rings. The summed E-state index contributed by atoms with van der Waals surface area (Å²) >= 11 is 0. The maximum absolute atomic E-state index is 12.7. The van der Waals surface area contributed by atoms with Gasteiger partial charge in [0.2, 0.25) is 5.95 Å². The van der Waals surface area contributed by atoms with E-state index in [1.807, 2.05) is 13.0 Å². The molecule has 0 saturated carbocycles. The lowest BCUT2D eigenvalue weighted by molar-refractivity contribution is 0.0961. The fourth-order valence-corrected chi connectivity index (χ4v) is 3.38. The van der Waals surface area contributed by atoms with Gasteiger partial charge in [0.25, 0.3) is 11.5 Å². The number of methoxy groups -OCH3 is 1. The zero-order valence-corrected chi connectivity index (χ0v) is 18.8. The number of nitrogens with zero attached hydrogens (tertiary/aromatic N) is 2. The molecule has 2 aromatic carbocycles. The number of fused-ring (bicyclic) bond motifs is 1. The van der Waals surface area contributed by atoms with Crippen molar-refractivity contribution < 1.29 is 14.3 Å². The highest BCUT2D eigenvalue weighted by atomic mass is 16.5. The monoisotopic (exact) mass is 438 g/mol. The highest BCUT2D eigenvalue weighted by molar-refractivity contribution is 5.95. The Balaban J connectivity index is 1.70. The summed E-state index contributed by atoms with van der Waals surface area (Å²) in [7, 11) is 1.54. The minimum atomic E-state index is -0.386. The Morgan fingerprint density at radius 3 is 2.62 bits per heavy atom. The predicted octanol–water partition coefficient (Wildman–Crippen LogP) is 4.14. The van der Waals surface area contributed by atoms with Crippen LogP contribution in [0.4, 0.5) is 5.95 Å². The Hall–Kier alpha value is -3.55. The molecule has 2 N–H and O–H groups in total. The molecule has 0 aliphatic heterocycles. The van der Waals surface area contributed by atoms with E-state index in [-0.39, 0.29) is 17.4 Å². The van der Waals surface area contributed by atoms with E-state index in [0.717, 1.165) is 12.8 Å². The fourth-order valence-electron chi connectivity index (χ4n) is 3.38. The highest BCUT2D eigenvalue weighted by Crippen LogP contribution is 2.28. The molecule has 32 heavy (non-hydrogen) atoms. The maximum atomic E-state index is 12.7. The van der Waals surface area contributed by atoms with Gasteiger partial charge in [-0.25, -0.2) is 4.98 Å². The second-order valence-electron chi connectivity index (χ2n) is 7.36. The number of hydrazine groups is 1. The average molecular weight is 439 g/mol. The van der Waals surface area contributed by atoms with Crippen LogP contribution in [0.5, 0.6) is 11.5 Å². The normalized spacial score (nSPS) is 10.7. The molecule has 0 aliphatic rings. The quantitative estimate of drug-likeness (QED) is 0.345. The summed E-state index contributed by atoms with van der Waals surface area (Å²) < 4.78 is 12.7. The maximum Gasteiger partial charge on any atom is 0.269 e. The van der Waals surface area contributed by atoms with Crippen molar-refractivity contribution in [1.82, 2.24) is 15.0 Å². The number of carbonyl (C=O) groups excluding carboxylic acids is 1. The molecular formula is C24H30N4O4. The van der Waals surface area contributed by atoms with Crippen LogP contribution in [0.2, 0.25) is 0 Å². The molecule has 0 aliphatic carbocycles. The predicted molar refractivity (Wildman–Crippen MR) is 125 cm³/mol. The van der Waals surface area contributed by atoms with Crippen LogP contribution in [0.1, 0.15) is 49.9 Å². The number of anilines is 1.